The summed E-state index contributed by atoms with van der Waals surface area (Å²) in [7, 11) is 2.18. The molecule has 1 aliphatic carbocycles. The minimum atomic E-state index is 0.331. The Balaban J connectivity index is 2.04. The van der Waals surface area contributed by atoms with Crippen LogP contribution < -0.4 is 5.73 Å². The van der Waals surface area contributed by atoms with E-state index in [0.717, 1.165) is 25.9 Å². The summed E-state index contributed by atoms with van der Waals surface area (Å²) in [5, 5.41) is 8.67. The smallest absolute Gasteiger partial charge is 0.0431 e. The fourth-order valence-electron chi connectivity index (χ4n) is 2.45. The minimum absolute atomic E-state index is 0.331. The van der Waals surface area contributed by atoms with Crippen molar-refractivity contribution in [3.63, 3.8) is 0 Å². The lowest BCUT2D eigenvalue weighted by molar-refractivity contribution is 0.249. The van der Waals surface area contributed by atoms with Gasteiger partial charge in [0.2, 0.25) is 0 Å². The van der Waals surface area contributed by atoms with E-state index in [0.29, 0.717) is 18.6 Å². The Hall–Kier alpha value is -0.120. The van der Waals surface area contributed by atoms with Gasteiger partial charge in [-0.15, -0.1) is 0 Å². The number of hydrogen-bond donors (Lipinski definition) is 2. The zero-order valence-corrected chi connectivity index (χ0v) is 9.99. The first-order valence-corrected chi connectivity index (χ1v) is 6.29. The van der Waals surface area contributed by atoms with Crippen LogP contribution in [0.5, 0.6) is 0 Å². The molecule has 0 radical (unpaired) electrons. The van der Waals surface area contributed by atoms with Gasteiger partial charge in [0.1, 0.15) is 0 Å². The number of nitrogens with zero attached hydrogens (tertiary/aromatic N) is 1. The highest BCUT2D eigenvalue weighted by Crippen LogP contribution is 2.24. The molecule has 0 saturated heterocycles. The maximum Gasteiger partial charge on any atom is 0.0431 e. The van der Waals surface area contributed by atoms with Gasteiger partial charge in [0.15, 0.2) is 0 Å². The number of hydrogen-bond acceptors (Lipinski definition) is 3. The molecule has 0 aromatic carbocycles. The highest BCUT2D eigenvalue weighted by molar-refractivity contribution is 4.81. The molecule has 0 aliphatic heterocycles. The normalized spacial score (nSPS) is 26.4. The molecule has 90 valence electrons. The highest BCUT2D eigenvalue weighted by Gasteiger charge is 2.24. The van der Waals surface area contributed by atoms with Crippen molar-refractivity contribution < 1.29 is 5.11 Å². The zero-order chi connectivity index (χ0) is 11.1. The van der Waals surface area contributed by atoms with Crippen LogP contribution in [0.25, 0.3) is 0 Å². The zero-order valence-electron chi connectivity index (χ0n) is 9.99. The number of aliphatic hydroxyl groups is 1. The van der Waals surface area contributed by atoms with Crippen molar-refractivity contribution in [3.05, 3.63) is 0 Å². The van der Waals surface area contributed by atoms with Crippen molar-refractivity contribution in [3.8, 4) is 0 Å². The van der Waals surface area contributed by atoms with Gasteiger partial charge in [-0.2, -0.15) is 0 Å². The number of unbranched alkanes of at least 4 members (excludes halogenated alkanes) is 2. The molecule has 0 aromatic rings. The van der Waals surface area contributed by atoms with Gasteiger partial charge in [-0.05, 0) is 51.6 Å². The predicted octanol–water partition coefficient (Wildman–Crippen LogP) is 1.21. The van der Waals surface area contributed by atoms with Gasteiger partial charge in [-0.25, -0.2) is 0 Å². The second kappa shape index (κ2) is 7.20. The van der Waals surface area contributed by atoms with E-state index >= 15 is 0 Å². The van der Waals surface area contributed by atoms with E-state index in [4.69, 9.17) is 10.8 Å². The van der Waals surface area contributed by atoms with Gasteiger partial charge in [-0.3, -0.25) is 0 Å². The van der Waals surface area contributed by atoms with E-state index in [9.17, 15) is 0 Å². The van der Waals surface area contributed by atoms with Crippen molar-refractivity contribution in [2.45, 2.75) is 44.6 Å². The summed E-state index contributed by atoms with van der Waals surface area (Å²) in [6.45, 7) is 2.63. The molecule has 1 aliphatic rings. The van der Waals surface area contributed by atoms with Crippen LogP contribution in [0.2, 0.25) is 0 Å². The topological polar surface area (TPSA) is 49.5 Å². The molecule has 2 atom stereocenters. The van der Waals surface area contributed by atoms with Crippen molar-refractivity contribution in [2.24, 2.45) is 11.7 Å². The molecule has 0 amide bonds. The lowest BCUT2D eigenvalue weighted by Gasteiger charge is -2.23. The molecule has 15 heavy (non-hydrogen) atoms. The van der Waals surface area contributed by atoms with Gasteiger partial charge in [-0.1, -0.05) is 6.42 Å². The van der Waals surface area contributed by atoms with Crippen LogP contribution in [0.1, 0.15) is 38.5 Å². The van der Waals surface area contributed by atoms with E-state index in [2.05, 4.69) is 11.9 Å². The van der Waals surface area contributed by atoms with Crippen LogP contribution in [0.3, 0.4) is 0 Å². The quantitative estimate of drug-likeness (QED) is 0.626. The first-order valence-electron chi connectivity index (χ1n) is 6.29. The van der Waals surface area contributed by atoms with E-state index in [1.54, 1.807) is 0 Å². The number of aliphatic hydroxyl groups excluding tert-OH is 1. The molecular formula is C12H26N2O. The van der Waals surface area contributed by atoms with Crippen LogP contribution in [0.15, 0.2) is 0 Å². The van der Waals surface area contributed by atoms with E-state index in [1.807, 2.05) is 0 Å². The van der Waals surface area contributed by atoms with Gasteiger partial charge < -0.3 is 15.7 Å². The second-order valence-electron chi connectivity index (χ2n) is 4.90. The summed E-state index contributed by atoms with van der Waals surface area (Å²) in [6, 6.07) is 0.435. The molecular weight excluding hydrogens is 188 g/mol. The summed E-state index contributed by atoms with van der Waals surface area (Å²) >= 11 is 0. The van der Waals surface area contributed by atoms with Crippen LogP contribution in [0, 0.1) is 5.92 Å². The van der Waals surface area contributed by atoms with E-state index < -0.39 is 0 Å². The Kier molecular flexibility index (Phi) is 6.22. The average Bonchev–Trinajstić information content (AvgIpc) is 2.59. The largest absolute Gasteiger partial charge is 0.396 e. The Morgan fingerprint density at radius 2 is 2.07 bits per heavy atom. The summed E-state index contributed by atoms with van der Waals surface area (Å²) in [6.07, 6.45) is 7.10. The maximum atomic E-state index is 8.67. The Morgan fingerprint density at radius 3 is 2.67 bits per heavy atom. The number of nitrogens with two attached hydrogens (primary N) is 1. The minimum Gasteiger partial charge on any atom is -0.396 e. The summed E-state index contributed by atoms with van der Waals surface area (Å²) in [5.74, 6) is 0.716. The SMILES string of the molecule is CN(CCCCCO)CC1CCCC1N. The molecule has 2 unspecified atom stereocenters. The van der Waals surface area contributed by atoms with Crippen LogP contribution in [-0.2, 0) is 0 Å². The molecule has 0 heterocycles. The summed E-state index contributed by atoms with van der Waals surface area (Å²) in [5.41, 5.74) is 6.04. The fraction of sp³-hybridized carbons (Fsp3) is 1.00. The van der Waals surface area contributed by atoms with Gasteiger partial charge in [0.25, 0.3) is 0 Å². The molecule has 0 spiro atoms. The van der Waals surface area contributed by atoms with Crippen molar-refractivity contribution in [2.75, 3.05) is 26.7 Å². The lowest BCUT2D eigenvalue weighted by atomic mass is 10.0. The van der Waals surface area contributed by atoms with Gasteiger partial charge in [0.05, 0.1) is 0 Å². The van der Waals surface area contributed by atoms with Crippen LogP contribution in [0.4, 0.5) is 0 Å². The van der Waals surface area contributed by atoms with Crippen molar-refractivity contribution in [1.82, 2.24) is 4.90 Å². The first-order chi connectivity index (χ1) is 7.24. The lowest BCUT2D eigenvalue weighted by Crippen LogP contribution is -2.34. The first kappa shape index (κ1) is 12.9. The molecule has 1 fully saturated rings. The molecule has 3 nitrogen and oxygen atoms in total. The van der Waals surface area contributed by atoms with Crippen LogP contribution >= 0.6 is 0 Å². The van der Waals surface area contributed by atoms with Crippen molar-refractivity contribution in [1.29, 1.82) is 0 Å². The van der Waals surface area contributed by atoms with Gasteiger partial charge in [0, 0.05) is 19.2 Å². The third-order valence-corrected chi connectivity index (χ3v) is 3.46. The molecule has 3 N–H and O–H groups in total. The Bertz CT molecular complexity index is 164. The molecule has 0 bridgehead atoms. The highest BCUT2D eigenvalue weighted by atomic mass is 16.2. The molecule has 0 aromatic heterocycles. The third kappa shape index (κ3) is 4.96. The van der Waals surface area contributed by atoms with E-state index in [1.165, 1.54) is 25.7 Å². The van der Waals surface area contributed by atoms with E-state index in [-0.39, 0.29) is 0 Å². The molecule has 1 rings (SSSR count). The third-order valence-electron chi connectivity index (χ3n) is 3.46. The van der Waals surface area contributed by atoms with Gasteiger partial charge >= 0.3 is 0 Å². The van der Waals surface area contributed by atoms with Crippen LogP contribution in [-0.4, -0.2) is 42.8 Å². The Morgan fingerprint density at radius 1 is 1.27 bits per heavy atom. The monoisotopic (exact) mass is 214 g/mol. The molecule has 3 heteroatoms. The maximum absolute atomic E-state index is 8.67. The fourth-order valence-corrected chi connectivity index (χ4v) is 2.45. The Labute approximate surface area is 93.6 Å². The summed E-state index contributed by atoms with van der Waals surface area (Å²) < 4.78 is 0. The number of rotatable bonds is 7. The second-order valence-corrected chi connectivity index (χ2v) is 4.90. The molecule has 1 saturated carbocycles. The average molecular weight is 214 g/mol. The summed E-state index contributed by atoms with van der Waals surface area (Å²) in [4.78, 5) is 2.40. The standard InChI is InChI=1S/C12H26N2O/c1-14(8-3-2-4-9-15)10-11-6-5-7-12(11)13/h11-12,15H,2-10,13H2,1H3. The van der Waals surface area contributed by atoms with Crippen molar-refractivity contribution >= 4 is 0 Å². The predicted molar refractivity (Wildman–Crippen MR) is 63.8 cm³/mol.